The van der Waals surface area contributed by atoms with Crippen molar-refractivity contribution in [3.8, 4) is 11.6 Å². The highest BCUT2D eigenvalue weighted by Crippen LogP contribution is 2.24. The smallest absolute Gasteiger partial charge is 0.217 e. The topological polar surface area (TPSA) is 38.0 Å². The van der Waals surface area contributed by atoms with E-state index >= 15 is 0 Å². The van der Waals surface area contributed by atoms with Crippen LogP contribution in [-0.2, 0) is 0 Å². The molecule has 0 bridgehead atoms. The molecular formula is C11H11ClN2O. The van der Waals surface area contributed by atoms with Crippen molar-refractivity contribution in [2.75, 3.05) is 0 Å². The van der Waals surface area contributed by atoms with Crippen molar-refractivity contribution in [3.63, 3.8) is 0 Å². The van der Waals surface area contributed by atoms with Gasteiger partial charge in [-0.1, -0.05) is 17.7 Å². The minimum absolute atomic E-state index is 0.162. The summed E-state index contributed by atoms with van der Waals surface area (Å²) in [5.41, 5.74) is 2.36. The monoisotopic (exact) mass is 222 g/mol. The van der Waals surface area contributed by atoms with Gasteiger partial charge in [0, 0.05) is 10.6 Å². The summed E-state index contributed by atoms with van der Waals surface area (Å²) in [5, 5.41) is 14.7. The molecule has 0 radical (unpaired) electrons. The molecule has 0 spiro atoms. The van der Waals surface area contributed by atoms with E-state index in [0.717, 1.165) is 16.9 Å². The molecule has 2 aromatic rings. The number of benzene rings is 1. The molecule has 0 atom stereocenters. The van der Waals surface area contributed by atoms with Crippen LogP contribution >= 0.6 is 11.6 Å². The lowest BCUT2D eigenvalue weighted by Gasteiger charge is -2.03. The van der Waals surface area contributed by atoms with Gasteiger partial charge in [0.05, 0.1) is 11.4 Å². The first-order chi connectivity index (χ1) is 7.09. The fourth-order valence-electron chi connectivity index (χ4n) is 1.38. The van der Waals surface area contributed by atoms with Crippen molar-refractivity contribution in [1.29, 1.82) is 0 Å². The van der Waals surface area contributed by atoms with Crippen molar-refractivity contribution in [1.82, 2.24) is 9.78 Å². The first-order valence-electron chi connectivity index (χ1n) is 4.60. The van der Waals surface area contributed by atoms with Crippen molar-refractivity contribution < 1.29 is 5.11 Å². The zero-order chi connectivity index (χ0) is 11.0. The lowest BCUT2D eigenvalue weighted by Crippen LogP contribution is -1.95. The van der Waals surface area contributed by atoms with Gasteiger partial charge in [-0.15, -0.1) is 0 Å². The van der Waals surface area contributed by atoms with Gasteiger partial charge >= 0.3 is 0 Å². The van der Waals surface area contributed by atoms with E-state index in [9.17, 15) is 5.11 Å². The third kappa shape index (κ3) is 1.70. The van der Waals surface area contributed by atoms with Crippen LogP contribution in [0.2, 0.25) is 5.02 Å². The maximum Gasteiger partial charge on any atom is 0.217 e. The van der Waals surface area contributed by atoms with E-state index in [4.69, 9.17) is 11.6 Å². The number of halogens is 1. The van der Waals surface area contributed by atoms with Crippen molar-refractivity contribution in [2.24, 2.45) is 0 Å². The molecule has 1 N–H and O–H groups in total. The van der Waals surface area contributed by atoms with Gasteiger partial charge in [0.25, 0.3) is 0 Å². The zero-order valence-electron chi connectivity index (χ0n) is 8.53. The molecule has 0 aliphatic carbocycles. The van der Waals surface area contributed by atoms with Gasteiger partial charge in [0.2, 0.25) is 5.88 Å². The van der Waals surface area contributed by atoms with Crippen molar-refractivity contribution in [2.45, 2.75) is 13.8 Å². The molecule has 0 aliphatic rings. The summed E-state index contributed by atoms with van der Waals surface area (Å²) in [7, 11) is 0. The number of nitrogens with zero attached hydrogens (tertiary/aromatic N) is 2. The standard InChI is InChI=1S/C11H11ClN2O/c1-7-8(2)13-14(11(7)15)10-5-3-4-9(12)6-10/h3-6,15H,1-2H3. The molecule has 0 amide bonds. The second kappa shape index (κ2) is 3.59. The second-order valence-corrected chi connectivity index (χ2v) is 3.86. The summed E-state index contributed by atoms with van der Waals surface area (Å²) in [5.74, 6) is 0.162. The SMILES string of the molecule is Cc1nn(-c2cccc(Cl)c2)c(O)c1C. The molecular weight excluding hydrogens is 212 g/mol. The van der Waals surface area contributed by atoms with E-state index < -0.39 is 0 Å². The van der Waals surface area contributed by atoms with Crippen LogP contribution in [-0.4, -0.2) is 14.9 Å². The largest absolute Gasteiger partial charge is 0.493 e. The summed E-state index contributed by atoms with van der Waals surface area (Å²) in [6.07, 6.45) is 0. The van der Waals surface area contributed by atoms with Crippen LogP contribution in [0.15, 0.2) is 24.3 Å². The lowest BCUT2D eigenvalue weighted by molar-refractivity contribution is 0.430. The minimum atomic E-state index is 0.162. The summed E-state index contributed by atoms with van der Waals surface area (Å²) in [6.45, 7) is 3.69. The molecule has 3 nitrogen and oxygen atoms in total. The maximum absolute atomic E-state index is 9.82. The van der Waals surface area contributed by atoms with E-state index in [1.165, 1.54) is 4.68 Å². The third-order valence-electron chi connectivity index (χ3n) is 2.38. The Morgan fingerprint density at radius 3 is 2.60 bits per heavy atom. The number of aromatic nitrogens is 2. The second-order valence-electron chi connectivity index (χ2n) is 3.43. The van der Waals surface area contributed by atoms with E-state index in [2.05, 4.69) is 5.10 Å². The molecule has 2 rings (SSSR count). The summed E-state index contributed by atoms with van der Waals surface area (Å²) >= 11 is 5.87. The fourth-order valence-corrected chi connectivity index (χ4v) is 1.57. The van der Waals surface area contributed by atoms with E-state index in [-0.39, 0.29) is 5.88 Å². The molecule has 4 heteroatoms. The van der Waals surface area contributed by atoms with Crippen LogP contribution < -0.4 is 0 Å². The van der Waals surface area contributed by atoms with Gasteiger partial charge in [-0.05, 0) is 32.0 Å². The fraction of sp³-hybridized carbons (Fsp3) is 0.182. The Hall–Kier alpha value is -1.48. The predicted octanol–water partition coefficient (Wildman–Crippen LogP) is 2.85. The molecule has 1 heterocycles. The van der Waals surface area contributed by atoms with Gasteiger partial charge in [0.1, 0.15) is 0 Å². The number of hydrogen-bond donors (Lipinski definition) is 1. The van der Waals surface area contributed by atoms with Crippen molar-refractivity contribution >= 4 is 11.6 Å². The quantitative estimate of drug-likeness (QED) is 0.806. The van der Waals surface area contributed by atoms with Gasteiger partial charge in [-0.2, -0.15) is 5.10 Å². The number of aryl methyl sites for hydroxylation is 1. The third-order valence-corrected chi connectivity index (χ3v) is 2.62. The molecule has 0 saturated carbocycles. The summed E-state index contributed by atoms with van der Waals surface area (Å²) < 4.78 is 1.48. The molecule has 0 saturated heterocycles. The Kier molecular flexibility index (Phi) is 2.40. The molecule has 0 fully saturated rings. The maximum atomic E-state index is 9.82. The molecule has 0 unspecified atom stereocenters. The van der Waals surface area contributed by atoms with Crippen LogP contribution in [0, 0.1) is 13.8 Å². The summed E-state index contributed by atoms with van der Waals surface area (Å²) in [6, 6.07) is 7.21. The van der Waals surface area contributed by atoms with Crippen LogP contribution in [0.5, 0.6) is 5.88 Å². The molecule has 15 heavy (non-hydrogen) atoms. The van der Waals surface area contributed by atoms with Crippen LogP contribution in [0.25, 0.3) is 5.69 Å². The van der Waals surface area contributed by atoms with Crippen LogP contribution in [0.3, 0.4) is 0 Å². The Balaban J connectivity index is 2.59. The number of aromatic hydroxyl groups is 1. The van der Waals surface area contributed by atoms with E-state index in [0.29, 0.717) is 5.02 Å². The van der Waals surface area contributed by atoms with Gasteiger partial charge in [0.15, 0.2) is 0 Å². The molecule has 0 aliphatic heterocycles. The lowest BCUT2D eigenvalue weighted by atomic mass is 10.3. The molecule has 78 valence electrons. The summed E-state index contributed by atoms with van der Waals surface area (Å²) in [4.78, 5) is 0. The number of rotatable bonds is 1. The normalized spacial score (nSPS) is 10.6. The highest BCUT2D eigenvalue weighted by Gasteiger charge is 2.11. The highest BCUT2D eigenvalue weighted by molar-refractivity contribution is 6.30. The highest BCUT2D eigenvalue weighted by atomic mass is 35.5. The molecule has 1 aromatic carbocycles. The van der Waals surface area contributed by atoms with Gasteiger partial charge in [-0.3, -0.25) is 0 Å². The first-order valence-corrected chi connectivity index (χ1v) is 4.98. The zero-order valence-corrected chi connectivity index (χ0v) is 9.28. The Labute approximate surface area is 92.9 Å². The average molecular weight is 223 g/mol. The molecule has 1 aromatic heterocycles. The average Bonchev–Trinajstić information content (AvgIpc) is 2.46. The van der Waals surface area contributed by atoms with Gasteiger partial charge < -0.3 is 5.11 Å². The Bertz CT molecular complexity index is 505. The van der Waals surface area contributed by atoms with E-state index in [1.807, 2.05) is 26.0 Å². The predicted molar refractivity (Wildman–Crippen MR) is 59.7 cm³/mol. The minimum Gasteiger partial charge on any atom is -0.493 e. The van der Waals surface area contributed by atoms with Gasteiger partial charge in [-0.25, -0.2) is 4.68 Å². The first kappa shape index (κ1) is 10.1. The number of hydrogen-bond acceptors (Lipinski definition) is 2. The van der Waals surface area contributed by atoms with Crippen LogP contribution in [0.1, 0.15) is 11.3 Å². The van der Waals surface area contributed by atoms with Crippen molar-refractivity contribution in [3.05, 3.63) is 40.5 Å². The Morgan fingerprint density at radius 1 is 1.33 bits per heavy atom. The Morgan fingerprint density at radius 2 is 2.07 bits per heavy atom. The van der Waals surface area contributed by atoms with E-state index in [1.54, 1.807) is 12.1 Å². The van der Waals surface area contributed by atoms with Crippen LogP contribution in [0.4, 0.5) is 0 Å².